The number of rotatable bonds is 6. The van der Waals surface area contributed by atoms with Gasteiger partial charge in [0.05, 0.1) is 12.1 Å². The van der Waals surface area contributed by atoms with E-state index in [1.807, 2.05) is 0 Å². The maximum absolute atomic E-state index is 12.9. The SMILES string of the molecule is O=C(O)c1ccccc1Cn1ccc(OCc2ccc(F)cc2)c(Br)c1=O. The van der Waals surface area contributed by atoms with Crippen molar-refractivity contribution in [1.29, 1.82) is 0 Å². The Balaban J connectivity index is 1.80. The maximum atomic E-state index is 12.9. The first-order chi connectivity index (χ1) is 13.0. The lowest BCUT2D eigenvalue weighted by atomic mass is 10.1. The molecule has 7 heteroatoms. The normalized spacial score (nSPS) is 10.6. The lowest BCUT2D eigenvalue weighted by Crippen LogP contribution is -2.22. The summed E-state index contributed by atoms with van der Waals surface area (Å²) in [6.45, 7) is 0.308. The lowest BCUT2D eigenvalue weighted by molar-refractivity contribution is 0.0695. The zero-order chi connectivity index (χ0) is 19.4. The minimum Gasteiger partial charge on any atom is -0.487 e. The molecule has 1 heterocycles. The van der Waals surface area contributed by atoms with Crippen LogP contribution in [0.3, 0.4) is 0 Å². The summed E-state index contributed by atoms with van der Waals surface area (Å²) in [5.74, 6) is -1.02. The van der Waals surface area contributed by atoms with Crippen LogP contribution in [0.1, 0.15) is 21.5 Å². The predicted molar refractivity (Wildman–Crippen MR) is 102 cm³/mol. The fourth-order valence-electron chi connectivity index (χ4n) is 2.56. The van der Waals surface area contributed by atoms with Gasteiger partial charge in [-0.3, -0.25) is 4.79 Å². The summed E-state index contributed by atoms with van der Waals surface area (Å²) in [5, 5.41) is 9.27. The van der Waals surface area contributed by atoms with Gasteiger partial charge in [0.2, 0.25) is 0 Å². The van der Waals surface area contributed by atoms with Gasteiger partial charge in [-0.1, -0.05) is 30.3 Å². The van der Waals surface area contributed by atoms with Crippen molar-refractivity contribution in [3.05, 3.63) is 98.1 Å². The molecule has 0 saturated carbocycles. The van der Waals surface area contributed by atoms with Crippen molar-refractivity contribution in [3.63, 3.8) is 0 Å². The summed E-state index contributed by atoms with van der Waals surface area (Å²) in [5.41, 5.74) is 1.10. The van der Waals surface area contributed by atoms with Gasteiger partial charge in [0.1, 0.15) is 22.6 Å². The van der Waals surface area contributed by atoms with Crippen molar-refractivity contribution < 1.29 is 19.0 Å². The Labute approximate surface area is 162 Å². The average molecular weight is 432 g/mol. The van der Waals surface area contributed by atoms with Crippen LogP contribution in [0.4, 0.5) is 4.39 Å². The van der Waals surface area contributed by atoms with Crippen LogP contribution in [0.25, 0.3) is 0 Å². The van der Waals surface area contributed by atoms with E-state index in [-0.39, 0.29) is 34.6 Å². The second-order valence-corrected chi connectivity index (χ2v) is 6.60. The number of carboxylic acids is 1. The molecule has 0 bridgehead atoms. The van der Waals surface area contributed by atoms with Gasteiger partial charge in [0.15, 0.2) is 0 Å². The summed E-state index contributed by atoms with van der Waals surface area (Å²) in [7, 11) is 0. The van der Waals surface area contributed by atoms with Gasteiger partial charge >= 0.3 is 5.97 Å². The van der Waals surface area contributed by atoms with E-state index in [0.29, 0.717) is 11.3 Å². The van der Waals surface area contributed by atoms with E-state index in [0.717, 1.165) is 5.56 Å². The quantitative estimate of drug-likeness (QED) is 0.638. The number of pyridine rings is 1. The van der Waals surface area contributed by atoms with E-state index in [1.54, 1.807) is 42.6 Å². The topological polar surface area (TPSA) is 68.5 Å². The second kappa shape index (κ2) is 8.18. The molecule has 0 aliphatic carbocycles. The summed E-state index contributed by atoms with van der Waals surface area (Å²) < 4.78 is 20.2. The maximum Gasteiger partial charge on any atom is 0.336 e. The van der Waals surface area contributed by atoms with E-state index in [2.05, 4.69) is 15.9 Å². The van der Waals surface area contributed by atoms with Gasteiger partial charge in [-0.25, -0.2) is 9.18 Å². The minimum atomic E-state index is -1.04. The Hall–Kier alpha value is -2.93. The average Bonchev–Trinajstić information content (AvgIpc) is 2.66. The van der Waals surface area contributed by atoms with Crippen molar-refractivity contribution in [3.8, 4) is 5.75 Å². The molecule has 2 aromatic carbocycles. The molecule has 0 unspecified atom stereocenters. The van der Waals surface area contributed by atoms with Crippen molar-refractivity contribution in [2.75, 3.05) is 0 Å². The first-order valence-corrected chi connectivity index (χ1v) is 8.82. The Kier molecular flexibility index (Phi) is 5.71. The van der Waals surface area contributed by atoms with E-state index < -0.39 is 5.97 Å². The molecule has 0 spiro atoms. The molecule has 0 amide bonds. The second-order valence-electron chi connectivity index (χ2n) is 5.80. The first kappa shape index (κ1) is 18.8. The highest BCUT2D eigenvalue weighted by Gasteiger charge is 2.13. The van der Waals surface area contributed by atoms with Gasteiger partial charge < -0.3 is 14.4 Å². The van der Waals surface area contributed by atoms with Crippen LogP contribution in [-0.2, 0) is 13.2 Å². The van der Waals surface area contributed by atoms with E-state index in [1.165, 1.54) is 22.8 Å². The third-order valence-corrected chi connectivity index (χ3v) is 4.70. The number of hydrogen-bond donors (Lipinski definition) is 1. The minimum absolute atomic E-state index is 0.123. The third-order valence-electron chi connectivity index (χ3n) is 3.97. The highest BCUT2D eigenvalue weighted by atomic mass is 79.9. The van der Waals surface area contributed by atoms with E-state index in [4.69, 9.17) is 4.74 Å². The smallest absolute Gasteiger partial charge is 0.336 e. The van der Waals surface area contributed by atoms with Crippen LogP contribution < -0.4 is 10.3 Å². The van der Waals surface area contributed by atoms with Gasteiger partial charge in [0, 0.05) is 6.20 Å². The van der Waals surface area contributed by atoms with Gasteiger partial charge in [-0.2, -0.15) is 0 Å². The zero-order valence-electron chi connectivity index (χ0n) is 14.1. The molecule has 0 aliphatic rings. The molecule has 0 aliphatic heterocycles. The standard InChI is InChI=1S/C20H15BrFNO4/c21-18-17(27-12-13-5-7-15(22)8-6-13)9-10-23(19(18)24)11-14-3-1-2-4-16(14)20(25)26/h1-10H,11-12H2,(H,25,26). The van der Waals surface area contributed by atoms with E-state index in [9.17, 15) is 19.1 Å². The molecule has 5 nitrogen and oxygen atoms in total. The number of hydrogen-bond acceptors (Lipinski definition) is 3. The highest BCUT2D eigenvalue weighted by Crippen LogP contribution is 2.22. The zero-order valence-corrected chi connectivity index (χ0v) is 15.6. The molecule has 138 valence electrons. The summed E-state index contributed by atoms with van der Waals surface area (Å²) in [4.78, 5) is 23.9. The predicted octanol–water partition coefficient (Wildman–Crippen LogP) is 4.08. The number of aromatic nitrogens is 1. The van der Waals surface area contributed by atoms with Gasteiger partial charge in [-0.05, 0) is 51.3 Å². The monoisotopic (exact) mass is 431 g/mol. The van der Waals surface area contributed by atoms with Crippen molar-refractivity contribution >= 4 is 21.9 Å². The fourth-order valence-corrected chi connectivity index (χ4v) is 3.03. The fraction of sp³-hybridized carbons (Fsp3) is 0.100. The van der Waals surface area contributed by atoms with Crippen molar-refractivity contribution in [2.24, 2.45) is 0 Å². The van der Waals surface area contributed by atoms with Crippen LogP contribution in [-0.4, -0.2) is 15.6 Å². The number of aromatic carboxylic acids is 1. The van der Waals surface area contributed by atoms with Crippen LogP contribution in [0.2, 0.25) is 0 Å². The van der Waals surface area contributed by atoms with Crippen LogP contribution in [0.5, 0.6) is 5.75 Å². The largest absolute Gasteiger partial charge is 0.487 e. The van der Waals surface area contributed by atoms with E-state index >= 15 is 0 Å². The molecular formula is C20H15BrFNO4. The van der Waals surface area contributed by atoms with Crippen molar-refractivity contribution in [2.45, 2.75) is 13.2 Å². The summed E-state index contributed by atoms with van der Waals surface area (Å²) in [6.07, 6.45) is 1.55. The number of carbonyl (C=O) groups is 1. The molecular weight excluding hydrogens is 417 g/mol. The third kappa shape index (κ3) is 4.43. The van der Waals surface area contributed by atoms with Crippen LogP contribution >= 0.6 is 15.9 Å². The Morgan fingerprint density at radius 3 is 2.52 bits per heavy atom. The van der Waals surface area contributed by atoms with Crippen molar-refractivity contribution in [1.82, 2.24) is 4.57 Å². The molecule has 1 aromatic heterocycles. The number of carboxylic acid groups (broad SMARTS) is 1. The number of benzene rings is 2. The highest BCUT2D eigenvalue weighted by molar-refractivity contribution is 9.10. The molecule has 0 saturated heterocycles. The van der Waals surface area contributed by atoms with Gasteiger partial charge in [-0.15, -0.1) is 0 Å². The molecule has 1 N–H and O–H groups in total. The Morgan fingerprint density at radius 2 is 1.81 bits per heavy atom. The van der Waals surface area contributed by atoms with Gasteiger partial charge in [0.25, 0.3) is 5.56 Å². The summed E-state index contributed by atoms with van der Waals surface area (Å²) >= 11 is 3.24. The molecule has 0 fully saturated rings. The molecule has 27 heavy (non-hydrogen) atoms. The van der Waals surface area contributed by atoms with Crippen LogP contribution in [0, 0.1) is 5.82 Å². The van der Waals surface area contributed by atoms with Crippen LogP contribution in [0.15, 0.2) is 70.1 Å². The summed E-state index contributed by atoms with van der Waals surface area (Å²) in [6, 6.07) is 14.0. The lowest BCUT2D eigenvalue weighted by Gasteiger charge is -2.12. The Bertz CT molecular complexity index is 1030. The number of ether oxygens (including phenoxy) is 1. The Morgan fingerprint density at radius 1 is 1.11 bits per heavy atom. The number of halogens is 2. The molecule has 0 radical (unpaired) electrons. The molecule has 3 rings (SSSR count). The first-order valence-electron chi connectivity index (χ1n) is 8.03. The molecule has 0 atom stereocenters. The number of nitrogens with zero attached hydrogens (tertiary/aromatic N) is 1. The molecule has 3 aromatic rings.